The van der Waals surface area contributed by atoms with E-state index in [1.165, 1.54) is 6.07 Å². The van der Waals surface area contributed by atoms with Crippen LogP contribution >= 0.6 is 11.3 Å². The molecule has 2 N–H and O–H groups in total. The summed E-state index contributed by atoms with van der Waals surface area (Å²) in [5.74, 6) is -0.410. The number of urea groups is 1. The first kappa shape index (κ1) is 21.1. The molecule has 1 aliphatic rings. The maximum atomic E-state index is 14.3. The van der Waals surface area contributed by atoms with Gasteiger partial charge in [0.25, 0.3) is 0 Å². The zero-order valence-corrected chi connectivity index (χ0v) is 17.8. The van der Waals surface area contributed by atoms with Gasteiger partial charge in [-0.1, -0.05) is 20.8 Å². The van der Waals surface area contributed by atoms with Crippen LogP contribution in [0, 0.1) is 17.1 Å². The van der Waals surface area contributed by atoms with Crippen LogP contribution in [0.5, 0.6) is 0 Å². The number of thiazole rings is 1. The molecule has 1 fully saturated rings. The Bertz CT molecular complexity index is 915. The van der Waals surface area contributed by atoms with Crippen molar-refractivity contribution in [3.63, 3.8) is 0 Å². The fraction of sp³-hybridized carbons (Fsp3) is 0.476. The Morgan fingerprint density at radius 1 is 1.45 bits per heavy atom. The summed E-state index contributed by atoms with van der Waals surface area (Å²) in [4.78, 5) is 18.8. The summed E-state index contributed by atoms with van der Waals surface area (Å²) in [5.41, 5.74) is 1.61. The standard InChI is InChI=1S/C21H26FN5OS/c1-21(2,3)19-25-16(13-29-19)11-24-20(28)26-15-5-4-8-27(12-15)18-7-6-14(10-23)9-17(18)22/h6-7,9,13,15H,4-5,8,11-12H2,1-3H3,(H2,24,26,28). The first-order valence-electron chi connectivity index (χ1n) is 9.70. The van der Waals surface area contributed by atoms with E-state index in [1.54, 1.807) is 23.5 Å². The Morgan fingerprint density at radius 3 is 2.90 bits per heavy atom. The Balaban J connectivity index is 1.53. The number of anilines is 1. The molecule has 1 unspecified atom stereocenters. The number of carbonyl (C=O) groups is 1. The van der Waals surface area contributed by atoms with Crippen LogP contribution in [0.1, 0.15) is 49.9 Å². The van der Waals surface area contributed by atoms with Crippen LogP contribution in [0.25, 0.3) is 0 Å². The molecule has 1 atom stereocenters. The van der Waals surface area contributed by atoms with Gasteiger partial charge in [-0.3, -0.25) is 0 Å². The molecule has 1 saturated heterocycles. The lowest BCUT2D eigenvalue weighted by molar-refractivity contribution is 0.234. The lowest BCUT2D eigenvalue weighted by Crippen LogP contribution is -2.50. The minimum Gasteiger partial charge on any atom is -0.367 e. The van der Waals surface area contributed by atoms with Crippen LogP contribution in [0.2, 0.25) is 0 Å². The summed E-state index contributed by atoms with van der Waals surface area (Å²) < 4.78 is 14.3. The second-order valence-electron chi connectivity index (χ2n) is 8.28. The van der Waals surface area contributed by atoms with Crippen molar-refractivity contribution in [3.05, 3.63) is 45.7 Å². The van der Waals surface area contributed by atoms with E-state index in [-0.39, 0.29) is 17.5 Å². The number of halogens is 1. The number of rotatable bonds is 4. The summed E-state index contributed by atoms with van der Waals surface area (Å²) in [6, 6.07) is 6.12. The van der Waals surface area contributed by atoms with Crippen LogP contribution in [-0.2, 0) is 12.0 Å². The molecule has 0 bridgehead atoms. The van der Waals surface area contributed by atoms with Gasteiger partial charge < -0.3 is 15.5 Å². The van der Waals surface area contributed by atoms with Crippen molar-refractivity contribution >= 4 is 23.1 Å². The zero-order chi connectivity index (χ0) is 21.0. The van der Waals surface area contributed by atoms with Gasteiger partial charge in [0, 0.05) is 29.9 Å². The van der Waals surface area contributed by atoms with Gasteiger partial charge in [0.2, 0.25) is 0 Å². The average molecular weight is 416 g/mol. The quantitative estimate of drug-likeness (QED) is 0.793. The fourth-order valence-electron chi connectivity index (χ4n) is 3.29. The van der Waals surface area contributed by atoms with Crippen molar-refractivity contribution in [2.45, 2.75) is 51.6 Å². The molecule has 1 aliphatic heterocycles. The van der Waals surface area contributed by atoms with Gasteiger partial charge in [0.1, 0.15) is 5.82 Å². The van der Waals surface area contributed by atoms with Gasteiger partial charge >= 0.3 is 6.03 Å². The van der Waals surface area contributed by atoms with Crippen molar-refractivity contribution in [2.75, 3.05) is 18.0 Å². The number of hydrogen-bond donors (Lipinski definition) is 2. The van der Waals surface area contributed by atoms with Crippen molar-refractivity contribution in [2.24, 2.45) is 0 Å². The van der Waals surface area contributed by atoms with Crippen molar-refractivity contribution < 1.29 is 9.18 Å². The van der Waals surface area contributed by atoms with E-state index in [2.05, 4.69) is 36.4 Å². The van der Waals surface area contributed by atoms with E-state index in [0.29, 0.717) is 24.3 Å². The highest BCUT2D eigenvalue weighted by Crippen LogP contribution is 2.26. The summed E-state index contributed by atoms with van der Waals surface area (Å²) in [6.45, 7) is 7.96. The van der Waals surface area contributed by atoms with Crippen molar-refractivity contribution in [1.29, 1.82) is 5.26 Å². The number of amides is 2. The highest BCUT2D eigenvalue weighted by molar-refractivity contribution is 7.09. The molecule has 0 aliphatic carbocycles. The van der Waals surface area contributed by atoms with Gasteiger partial charge in [-0.2, -0.15) is 5.26 Å². The van der Waals surface area contributed by atoms with E-state index >= 15 is 0 Å². The fourth-order valence-corrected chi connectivity index (χ4v) is 4.19. The topological polar surface area (TPSA) is 81.1 Å². The maximum absolute atomic E-state index is 14.3. The van der Waals surface area contributed by atoms with Crippen LogP contribution in [0.15, 0.2) is 23.6 Å². The number of nitrogens with one attached hydrogen (secondary N) is 2. The molecule has 0 spiro atoms. The zero-order valence-electron chi connectivity index (χ0n) is 17.0. The predicted octanol–water partition coefficient (Wildman–Crippen LogP) is 3.92. The van der Waals surface area contributed by atoms with Gasteiger partial charge in [-0.25, -0.2) is 14.2 Å². The first-order valence-corrected chi connectivity index (χ1v) is 10.6. The van der Waals surface area contributed by atoms with E-state index < -0.39 is 5.82 Å². The molecule has 8 heteroatoms. The highest BCUT2D eigenvalue weighted by atomic mass is 32.1. The molecular weight excluding hydrogens is 389 g/mol. The van der Waals surface area contributed by atoms with Gasteiger partial charge in [-0.15, -0.1) is 11.3 Å². The number of piperidine rings is 1. The van der Waals surface area contributed by atoms with Crippen molar-refractivity contribution in [3.8, 4) is 6.07 Å². The third-order valence-electron chi connectivity index (χ3n) is 4.80. The van der Waals surface area contributed by atoms with Crippen LogP contribution in [0.4, 0.5) is 14.9 Å². The molecule has 2 amide bonds. The van der Waals surface area contributed by atoms with Crippen LogP contribution < -0.4 is 15.5 Å². The minimum atomic E-state index is -0.410. The molecule has 1 aromatic heterocycles. The molecule has 1 aromatic carbocycles. The molecule has 3 rings (SSSR count). The number of hydrogen-bond acceptors (Lipinski definition) is 5. The highest BCUT2D eigenvalue weighted by Gasteiger charge is 2.24. The summed E-state index contributed by atoms with van der Waals surface area (Å²) >= 11 is 1.60. The van der Waals surface area contributed by atoms with Gasteiger partial charge in [0.05, 0.1) is 34.6 Å². The largest absolute Gasteiger partial charge is 0.367 e. The van der Waals surface area contributed by atoms with E-state index in [4.69, 9.17) is 5.26 Å². The lowest BCUT2D eigenvalue weighted by atomic mass is 9.98. The average Bonchev–Trinajstić information content (AvgIpc) is 3.16. The smallest absolute Gasteiger partial charge is 0.315 e. The second-order valence-corrected chi connectivity index (χ2v) is 9.14. The Morgan fingerprint density at radius 2 is 2.24 bits per heavy atom. The van der Waals surface area contributed by atoms with E-state index in [9.17, 15) is 9.18 Å². The monoisotopic (exact) mass is 415 g/mol. The number of benzene rings is 1. The van der Waals surface area contributed by atoms with Crippen molar-refractivity contribution in [1.82, 2.24) is 15.6 Å². The summed E-state index contributed by atoms with van der Waals surface area (Å²) in [6.07, 6.45) is 1.69. The maximum Gasteiger partial charge on any atom is 0.315 e. The Kier molecular flexibility index (Phi) is 6.38. The Hall–Kier alpha value is -2.66. The molecule has 0 saturated carbocycles. The number of nitriles is 1. The van der Waals surface area contributed by atoms with E-state index in [0.717, 1.165) is 30.1 Å². The minimum absolute atomic E-state index is 0.00253. The second kappa shape index (κ2) is 8.78. The summed E-state index contributed by atoms with van der Waals surface area (Å²) in [5, 5.41) is 17.7. The molecule has 2 aromatic rings. The number of aromatic nitrogens is 1. The third-order valence-corrected chi connectivity index (χ3v) is 6.11. The number of carbonyl (C=O) groups excluding carboxylic acids is 1. The van der Waals surface area contributed by atoms with Gasteiger partial charge in [-0.05, 0) is 31.0 Å². The molecule has 6 nitrogen and oxygen atoms in total. The molecule has 2 heterocycles. The summed E-state index contributed by atoms with van der Waals surface area (Å²) in [7, 11) is 0. The lowest BCUT2D eigenvalue weighted by Gasteiger charge is -2.34. The predicted molar refractivity (Wildman–Crippen MR) is 113 cm³/mol. The molecule has 0 radical (unpaired) electrons. The van der Waals surface area contributed by atoms with Crippen LogP contribution in [0.3, 0.4) is 0 Å². The molecule has 29 heavy (non-hydrogen) atoms. The Labute approximate surface area is 174 Å². The van der Waals surface area contributed by atoms with Crippen LogP contribution in [-0.4, -0.2) is 30.1 Å². The molecule has 154 valence electrons. The number of nitrogens with zero attached hydrogens (tertiary/aromatic N) is 3. The molecular formula is C21H26FN5OS. The normalized spacial score (nSPS) is 16.9. The van der Waals surface area contributed by atoms with E-state index in [1.807, 2.05) is 16.3 Å². The SMILES string of the molecule is CC(C)(C)c1nc(CNC(=O)NC2CCCN(c3ccc(C#N)cc3F)C2)cs1. The first-order chi connectivity index (χ1) is 13.8. The van der Waals surface area contributed by atoms with Gasteiger partial charge in [0.15, 0.2) is 0 Å². The third kappa shape index (κ3) is 5.45.